The summed E-state index contributed by atoms with van der Waals surface area (Å²) >= 11 is 0. The number of hydrogen-bond donors (Lipinski definition) is 1. The van der Waals surface area contributed by atoms with E-state index in [1.54, 1.807) is 0 Å². The molecule has 1 fully saturated rings. The van der Waals surface area contributed by atoms with Crippen molar-refractivity contribution in [2.75, 3.05) is 13.1 Å². The van der Waals surface area contributed by atoms with Crippen LogP contribution in [-0.4, -0.2) is 39.5 Å². The van der Waals surface area contributed by atoms with E-state index in [2.05, 4.69) is 24.0 Å². The summed E-state index contributed by atoms with van der Waals surface area (Å²) in [7, 11) is 0. The second-order valence-electron chi connectivity index (χ2n) is 7.03. The molecule has 1 aliphatic heterocycles. The van der Waals surface area contributed by atoms with E-state index in [9.17, 15) is 4.79 Å². The number of aromatic nitrogens is 2. The molecule has 25 heavy (non-hydrogen) atoms. The van der Waals surface area contributed by atoms with Crippen molar-refractivity contribution in [1.29, 1.82) is 0 Å². The third-order valence-electron chi connectivity index (χ3n) is 5.05. The van der Waals surface area contributed by atoms with Gasteiger partial charge in [0.05, 0.1) is 18.1 Å². The highest BCUT2D eigenvalue weighted by molar-refractivity contribution is 5.82. The Hall–Kier alpha value is -2.14. The standard InChI is InChI=1S/C20H28N4O/c1-2-16-9-6-10-24(13-16)20(25)19(21)11-18-14-23(15-22-18)12-17-7-4-3-5-8-17/h3-5,7-8,14-16,19H,2,6,9-13,21H2,1H3/t16?,19-/m0/s1. The van der Waals surface area contributed by atoms with E-state index in [0.717, 1.165) is 38.2 Å². The van der Waals surface area contributed by atoms with Crippen molar-refractivity contribution in [2.24, 2.45) is 11.7 Å². The zero-order valence-electron chi connectivity index (χ0n) is 15.0. The monoisotopic (exact) mass is 340 g/mol. The molecule has 1 unspecified atom stereocenters. The molecule has 2 heterocycles. The molecule has 2 N–H and O–H groups in total. The first-order chi connectivity index (χ1) is 12.2. The van der Waals surface area contributed by atoms with Crippen LogP contribution in [0.25, 0.3) is 0 Å². The van der Waals surface area contributed by atoms with Gasteiger partial charge in [0.1, 0.15) is 0 Å². The van der Waals surface area contributed by atoms with Gasteiger partial charge in [0.25, 0.3) is 0 Å². The summed E-state index contributed by atoms with van der Waals surface area (Å²) in [6, 6.07) is 9.76. The van der Waals surface area contributed by atoms with Crippen molar-refractivity contribution in [3.05, 3.63) is 54.1 Å². The summed E-state index contributed by atoms with van der Waals surface area (Å²) < 4.78 is 2.04. The lowest BCUT2D eigenvalue weighted by Gasteiger charge is -2.33. The molecule has 2 atom stereocenters. The molecule has 5 heteroatoms. The Morgan fingerprint density at radius 1 is 1.36 bits per heavy atom. The summed E-state index contributed by atoms with van der Waals surface area (Å²) in [6.45, 7) is 4.66. The van der Waals surface area contributed by atoms with Crippen LogP contribution >= 0.6 is 0 Å². The van der Waals surface area contributed by atoms with Crippen LogP contribution in [0.3, 0.4) is 0 Å². The first kappa shape index (κ1) is 17.7. The average Bonchev–Trinajstić information content (AvgIpc) is 3.08. The molecule has 2 aromatic rings. The minimum atomic E-state index is -0.504. The molecule has 3 rings (SSSR count). The zero-order valence-corrected chi connectivity index (χ0v) is 15.0. The van der Waals surface area contributed by atoms with Crippen LogP contribution < -0.4 is 5.73 Å². The highest BCUT2D eigenvalue weighted by Crippen LogP contribution is 2.20. The van der Waals surface area contributed by atoms with Gasteiger partial charge in [-0.3, -0.25) is 4.79 Å². The number of hydrogen-bond acceptors (Lipinski definition) is 3. The van der Waals surface area contributed by atoms with Gasteiger partial charge in [0.2, 0.25) is 5.91 Å². The number of carbonyl (C=O) groups is 1. The first-order valence-corrected chi connectivity index (χ1v) is 9.24. The molecule has 134 valence electrons. The zero-order chi connectivity index (χ0) is 17.6. The molecule has 5 nitrogen and oxygen atoms in total. The predicted molar refractivity (Wildman–Crippen MR) is 99.0 cm³/mol. The molecule has 0 radical (unpaired) electrons. The molecule has 0 aliphatic carbocycles. The van der Waals surface area contributed by atoms with Crippen LogP contribution in [0.5, 0.6) is 0 Å². The van der Waals surface area contributed by atoms with Crippen molar-refractivity contribution in [2.45, 2.75) is 45.2 Å². The fraction of sp³-hybridized carbons (Fsp3) is 0.500. The molecule has 0 spiro atoms. The third-order valence-corrected chi connectivity index (χ3v) is 5.05. The maximum absolute atomic E-state index is 12.6. The maximum atomic E-state index is 12.6. The van der Waals surface area contributed by atoms with Gasteiger partial charge in [-0.1, -0.05) is 43.7 Å². The Balaban J connectivity index is 1.56. The average molecular weight is 340 g/mol. The normalized spacial score (nSPS) is 19.0. The molecule has 0 bridgehead atoms. The van der Waals surface area contributed by atoms with Gasteiger partial charge in [-0.25, -0.2) is 4.98 Å². The fourth-order valence-electron chi connectivity index (χ4n) is 3.54. The minimum Gasteiger partial charge on any atom is -0.341 e. The lowest BCUT2D eigenvalue weighted by molar-refractivity contribution is -0.134. The Bertz CT molecular complexity index is 682. The van der Waals surface area contributed by atoms with Gasteiger partial charge < -0.3 is 15.2 Å². The Morgan fingerprint density at radius 2 is 2.16 bits per heavy atom. The molecule has 0 saturated carbocycles. The predicted octanol–water partition coefficient (Wildman–Crippen LogP) is 2.45. The largest absolute Gasteiger partial charge is 0.341 e. The maximum Gasteiger partial charge on any atom is 0.239 e. The topological polar surface area (TPSA) is 64.2 Å². The summed E-state index contributed by atoms with van der Waals surface area (Å²) in [5, 5.41) is 0. The van der Waals surface area contributed by atoms with E-state index in [4.69, 9.17) is 5.73 Å². The van der Waals surface area contributed by atoms with Crippen LogP contribution in [-0.2, 0) is 17.8 Å². The highest BCUT2D eigenvalue weighted by Gasteiger charge is 2.26. The fourth-order valence-corrected chi connectivity index (χ4v) is 3.54. The van der Waals surface area contributed by atoms with E-state index < -0.39 is 6.04 Å². The number of nitrogens with zero attached hydrogens (tertiary/aromatic N) is 3. The lowest BCUT2D eigenvalue weighted by atomic mass is 9.95. The van der Waals surface area contributed by atoms with Gasteiger partial charge in [-0.2, -0.15) is 0 Å². The molecule has 1 aromatic carbocycles. The van der Waals surface area contributed by atoms with Crippen molar-refractivity contribution >= 4 is 5.91 Å². The minimum absolute atomic E-state index is 0.0655. The second-order valence-corrected chi connectivity index (χ2v) is 7.03. The Morgan fingerprint density at radius 3 is 2.92 bits per heavy atom. The van der Waals surface area contributed by atoms with Gasteiger partial charge >= 0.3 is 0 Å². The van der Waals surface area contributed by atoms with Crippen LogP contribution in [0.1, 0.15) is 37.4 Å². The van der Waals surface area contributed by atoms with Crippen LogP contribution in [0, 0.1) is 5.92 Å². The van der Waals surface area contributed by atoms with Crippen molar-refractivity contribution in [3.63, 3.8) is 0 Å². The SMILES string of the molecule is CCC1CCCN(C(=O)[C@@H](N)Cc2cn(Cc3ccccc3)cn2)C1. The number of imidazole rings is 1. The lowest BCUT2D eigenvalue weighted by Crippen LogP contribution is -2.48. The third kappa shape index (κ3) is 4.69. The van der Waals surface area contributed by atoms with Crippen LogP contribution in [0.2, 0.25) is 0 Å². The van der Waals surface area contributed by atoms with Gasteiger partial charge in [-0.15, -0.1) is 0 Å². The van der Waals surface area contributed by atoms with Crippen molar-refractivity contribution in [1.82, 2.24) is 14.5 Å². The summed E-state index contributed by atoms with van der Waals surface area (Å²) in [6.07, 6.45) is 7.73. The summed E-state index contributed by atoms with van der Waals surface area (Å²) in [5.74, 6) is 0.686. The van der Waals surface area contributed by atoms with Gasteiger partial charge in [-0.05, 0) is 24.3 Å². The highest BCUT2D eigenvalue weighted by atomic mass is 16.2. The van der Waals surface area contributed by atoms with Gasteiger partial charge in [0.15, 0.2) is 0 Å². The van der Waals surface area contributed by atoms with E-state index >= 15 is 0 Å². The van der Waals surface area contributed by atoms with E-state index in [1.807, 2.05) is 40.2 Å². The van der Waals surface area contributed by atoms with Crippen molar-refractivity contribution < 1.29 is 4.79 Å². The number of nitrogens with two attached hydrogens (primary N) is 1. The molecule has 1 amide bonds. The molecule has 1 aromatic heterocycles. The molecule has 1 aliphatic rings. The summed E-state index contributed by atoms with van der Waals surface area (Å²) in [4.78, 5) is 19.0. The van der Waals surface area contributed by atoms with Crippen LogP contribution in [0.15, 0.2) is 42.9 Å². The van der Waals surface area contributed by atoms with Crippen molar-refractivity contribution in [3.8, 4) is 0 Å². The number of likely N-dealkylation sites (tertiary alicyclic amines) is 1. The quantitative estimate of drug-likeness (QED) is 0.878. The van der Waals surface area contributed by atoms with Crippen LogP contribution in [0.4, 0.5) is 0 Å². The number of rotatable bonds is 6. The summed E-state index contributed by atoms with van der Waals surface area (Å²) in [5.41, 5.74) is 8.29. The van der Waals surface area contributed by atoms with E-state index in [-0.39, 0.29) is 5.91 Å². The molecular weight excluding hydrogens is 312 g/mol. The van der Waals surface area contributed by atoms with E-state index in [1.165, 1.54) is 12.0 Å². The molecular formula is C20H28N4O. The van der Waals surface area contributed by atoms with Gasteiger partial charge in [0, 0.05) is 32.3 Å². The van der Waals surface area contributed by atoms with E-state index in [0.29, 0.717) is 12.3 Å². The Kier molecular flexibility index (Phi) is 5.87. The molecule has 1 saturated heterocycles. The number of amides is 1. The second kappa shape index (κ2) is 8.30. The smallest absolute Gasteiger partial charge is 0.239 e. The number of carbonyl (C=O) groups excluding carboxylic acids is 1. The first-order valence-electron chi connectivity index (χ1n) is 9.24. The number of benzene rings is 1. The number of piperidine rings is 1. The Labute approximate surface area is 149 Å².